The van der Waals surface area contributed by atoms with Crippen LogP contribution in [0.15, 0.2) is 73.3 Å². The molecule has 0 aliphatic carbocycles. The predicted molar refractivity (Wildman–Crippen MR) is 229 cm³/mol. The molecule has 0 N–H and O–H groups in total. The number of rotatable bonds is 14. The molecule has 2 aromatic carbocycles. The van der Waals surface area contributed by atoms with Gasteiger partial charge in [-0.25, -0.2) is 0 Å². The van der Waals surface area contributed by atoms with Crippen LogP contribution in [0.4, 0.5) is 0 Å². The third-order valence-corrected chi connectivity index (χ3v) is 8.40. The second-order valence-corrected chi connectivity index (χ2v) is 13.9. The van der Waals surface area contributed by atoms with E-state index in [-0.39, 0.29) is 0 Å². The van der Waals surface area contributed by atoms with Crippen molar-refractivity contribution in [1.82, 2.24) is 0 Å². The van der Waals surface area contributed by atoms with Gasteiger partial charge in [-0.05, 0) is 117 Å². The lowest BCUT2D eigenvalue weighted by Crippen LogP contribution is -2.04. The molecule has 0 heteroatoms. The SMILES string of the molecule is C=C(C)C(C)(C)C.C=C(C)CCCC.C=C(c1ccc(CCCC)c(C)c1)C(C)CCCC.CC.CC.CCCCc1ccccc1C. The van der Waals surface area contributed by atoms with Gasteiger partial charge in [-0.1, -0.05) is 182 Å². The summed E-state index contributed by atoms with van der Waals surface area (Å²) in [6.07, 6.45) is 15.2. The van der Waals surface area contributed by atoms with Crippen LogP contribution in [-0.2, 0) is 12.8 Å². The monoisotopic (exact) mass is 663 g/mol. The van der Waals surface area contributed by atoms with Crippen molar-refractivity contribution in [3.05, 3.63) is 101 Å². The van der Waals surface area contributed by atoms with E-state index in [9.17, 15) is 0 Å². The summed E-state index contributed by atoms with van der Waals surface area (Å²) in [6.45, 7) is 46.2. The first-order valence-corrected chi connectivity index (χ1v) is 19.8. The van der Waals surface area contributed by atoms with Gasteiger partial charge >= 0.3 is 0 Å². The van der Waals surface area contributed by atoms with Crippen LogP contribution >= 0.6 is 0 Å². The molecule has 2 aromatic rings. The van der Waals surface area contributed by atoms with Crippen molar-refractivity contribution in [2.45, 2.75) is 188 Å². The standard InChI is InChI=1S/C19H30.C11H16.2C7H14.2C2H6/c1-6-8-10-15(3)17(5)19-13-12-18(11-9-7-2)16(4)14-19;1-3-4-8-11-9-6-5-7-10(11)2;1-6(2)7(3,4)5;1-4-5-6-7(2)3;2*1-2/h12-15H,5-11H2,1-4H3;5-7,9H,3-4,8H2,1-2H3;1H2,2-5H3;2,4-6H2,1,3H3;2*1-2H3. The smallest absolute Gasteiger partial charge is 0.0178 e. The van der Waals surface area contributed by atoms with E-state index in [1.165, 1.54) is 122 Å². The van der Waals surface area contributed by atoms with Gasteiger partial charge in [0, 0.05) is 0 Å². The highest BCUT2D eigenvalue weighted by Gasteiger charge is 2.10. The van der Waals surface area contributed by atoms with E-state index < -0.39 is 0 Å². The van der Waals surface area contributed by atoms with Crippen LogP contribution in [0.2, 0.25) is 0 Å². The Morgan fingerprint density at radius 1 is 0.646 bits per heavy atom. The molecule has 0 heterocycles. The van der Waals surface area contributed by atoms with Gasteiger partial charge in [-0.15, -0.1) is 6.58 Å². The van der Waals surface area contributed by atoms with Crippen molar-refractivity contribution in [3.8, 4) is 0 Å². The number of hydrogen-bond donors (Lipinski definition) is 0. The molecule has 0 nitrogen and oxygen atoms in total. The van der Waals surface area contributed by atoms with Crippen molar-refractivity contribution in [2.75, 3.05) is 0 Å². The zero-order valence-electron chi connectivity index (χ0n) is 35.7. The molecule has 1 unspecified atom stereocenters. The van der Waals surface area contributed by atoms with E-state index >= 15 is 0 Å². The molecule has 0 saturated heterocycles. The van der Waals surface area contributed by atoms with Crippen molar-refractivity contribution in [1.29, 1.82) is 0 Å². The molecule has 278 valence electrons. The highest BCUT2D eigenvalue weighted by molar-refractivity contribution is 5.66. The van der Waals surface area contributed by atoms with E-state index in [0.29, 0.717) is 11.3 Å². The highest BCUT2D eigenvalue weighted by atomic mass is 14.2. The lowest BCUT2D eigenvalue weighted by molar-refractivity contribution is 0.506. The molecule has 2 rings (SSSR count). The number of benzene rings is 2. The lowest BCUT2D eigenvalue weighted by atomic mass is 9.89. The van der Waals surface area contributed by atoms with Crippen molar-refractivity contribution >= 4 is 5.57 Å². The summed E-state index contributed by atoms with van der Waals surface area (Å²) < 4.78 is 0. The fourth-order valence-corrected chi connectivity index (χ4v) is 4.25. The number of allylic oxidation sites excluding steroid dienone is 3. The molecular formula is C48H86. The van der Waals surface area contributed by atoms with Gasteiger partial charge in [-0.2, -0.15) is 0 Å². The third-order valence-electron chi connectivity index (χ3n) is 8.40. The molecule has 0 aromatic heterocycles. The van der Waals surface area contributed by atoms with Crippen LogP contribution in [0.25, 0.3) is 5.57 Å². The summed E-state index contributed by atoms with van der Waals surface area (Å²) in [6, 6.07) is 15.5. The molecule has 0 radical (unpaired) electrons. The first-order valence-electron chi connectivity index (χ1n) is 19.8. The Balaban J connectivity index is -0.000000283. The maximum absolute atomic E-state index is 4.31. The minimum absolute atomic E-state index is 0.306. The number of unbranched alkanes of at least 4 members (excludes halogenated alkanes) is 4. The van der Waals surface area contributed by atoms with Crippen LogP contribution in [0, 0.1) is 25.2 Å². The van der Waals surface area contributed by atoms with Crippen LogP contribution in [0.5, 0.6) is 0 Å². The largest absolute Gasteiger partial charge is 0.100 e. The summed E-state index contributed by atoms with van der Waals surface area (Å²) in [5.41, 5.74) is 11.4. The van der Waals surface area contributed by atoms with E-state index in [0.717, 1.165) is 0 Å². The summed E-state index contributed by atoms with van der Waals surface area (Å²) in [5, 5.41) is 0. The molecule has 48 heavy (non-hydrogen) atoms. The zero-order valence-corrected chi connectivity index (χ0v) is 35.7. The van der Waals surface area contributed by atoms with Crippen LogP contribution in [0.3, 0.4) is 0 Å². The number of aryl methyl sites for hydroxylation is 4. The molecule has 0 fully saturated rings. The average molecular weight is 663 g/mol. The van der Waals surface area contributed by atoms with E-state index in [1.54, 1.807) is 0 Å². The molecule has 0 saturated carbocycles. The van der Waals surface area contributed by atoms with Crippen molar-refractivity contribution < 1.29 is 0 Å². The van der Waals surface area contributed by atoms with Crippen LogP contribution in [0.1, 0.15) is 189 Å². The Morgan fingerprint density at radius 3 is 1.44 bits per heavy atom. The summed E-state index contributed by atoms with van der Waals surface area (Å²) in [5.74, 6) is 0.598. The quantitative estimate of drug-likeness (QED) is 0.177. The molecule has 1 atom stereocenters. The average Bonchev–Trinajstić information content (AvgIpc) is 3.07. The summed E-state index contributed by atoms with van der Waals surface area (Å²) >= 11 is 0. The summed E-state index contributed by atoms with van der Waals surface area (Å²) in [4.78, 5) is 0. The van der Waals surface area contributed by atoms with Gasteiger partial charge in [0.1, 0.15) is 0 Å². The van der Waals surface area contributed by atoms with Crippen LogP contribution < -0.4 is 0 Å². The summed E-state index contributed by atoms with van der Waals surface area (Å²) in [7, 11) is 0. The molecule has 0 bridgehead atoms. The zero-order chi connectivity index (χ0) is 38.1. The van der Waals surface area contributed by atoms with Crippen molar-refractivity contribution in [2.24, 2.45) is 11.3 Å². The van der Waals surface area contributed by atoms with E-state index in [2.05, 4.69) is 145 Å². The fourth-order valence-electron chi connectivity index (χ4n) is 4.25. The normalized spacial score (nSPS) is 10.4. The Hall–Kier alpha value is -2.34. The second kappa shape index (κ2) is 34.5. The minimum Gasteiger partial charge on any atom is -0.100 e. The Kier molecular flexibility index (Phi) is 37.7. The van der Waals surface area contributed by atoms with Crippen LogP contribution in [-0.4, -0.2) is 0 Å². The maximum atomic E-state index is 4.31. The molecular weight excluding hydrogens is 577 g/mol. The fraction of sp³-hybridized carbons (Fsp3) is 0.625. The molecule has 0 spiro atoms. The van der Waals surface area contributed by atoms with Gasteiger partial charge in [0.25, 0.3) is 0 Å². The molecule has 0 aliphatic heterocycles. The van der Waals surface area contributed by atoms with Crippen molar-refractivity contribution in [3.63, 3.8) is 0 Å². The minimum atomic E-state index is 0.306. The third kappa shape index (κ3) is 29.8. The van der Waals surface area contributed by atoms with Gasteiger partial charge in [0.05, 0.1) is 0 Å². The number of hydrogen-bond acceptors (Lipinski definition) is 0. The lowest BCUT2D eigenvalue weighted by Gasteiger charge is -2.16. The molecule has 0 aliphatic rings. The van der Waals surface area contributed by atoms with Gasteiger partial charge < -0.3 is 0 Å². The molecule has 0 amide bonds. The Labute approximate surface area is 305 Å². The first kappa shape index (κ1) is 52.5. The second-order valence-electron chi connectivity index (χ2n) is 13.9. The Morgan fingerprint density at radius 2 is 1.08 bits per heavy atom. The van der Waals surface area contributed by atoms with Gasteiger partial charge in [0.15, 0.2) is 0 Å². The predicted octanol–water partition coefficient (Wildman–Crippen LogP) is 16.9. The maximum Gasteiger partial charge on any atom is -0.0178 e. The first-order chi connectivity index (χ1) is 22.7. The van der Waals surface area contributed by atoms with Gasteiger partial charge in [-0.3, -0.25) is 0 Å². The highest BCUT2D eigenvalue weighted by Crippen LogP contribution is 2.27. The van der Waals surface area contributed by atoms with E-state index in [4.69, 9.17) is 0 Å². The Bertz CT molecular complexity index is 1040. The van der Waals surface area contributed by atoms with Gasteiger partial charge in [0.2, 0.25) is 0 Å². The topological polar surface area (TPSA) is 0 Å². The van der Waals surface area contributed by atoms with E-state index in [1.807, 2.05) is 27.7 Å².